The monoisotopic (exact) mass is 753 g/mol. The number of benzene rings is 4. The Bertz CT molecular complexity index is 2060. The lowest BCUT2D eigenvalue weighted by atomic mass is 9.91. The highest BCUT2D eigenvalue weighted by atomic mass is 32.2. The number of sulfonamides is 1. The molecule has 5 aromatic rings. The molecule has 0 bridgehead atoms. The van der Waals surface area contributed by atoms with Crippen molar-refractivity contribution in [1.29, 1.82) is 0 Å². The van der Waals surface area contributed by atoms with Crippen molar-refractivity contribution in [3.63, 3.8) is 0 Å². The SMILES string of the molecule is Cc1ccc(S(=O)(=O)NC(Cc2ccccc2)C(=O)NCc2ccc(C3OC(CSc4cccc[n+]4[O-])C(C)C(c4ccc(CO)cc4)O3)cc2)cc1. The number of carbonyl (C=O) groups excluding carboxylic acids is 1. The first kappa shape index (κ1) is 38.2. The summed E-state index contributed by atoms with van der Waals surface area (Å²) in [5, 5.41) is 25.4. The first-order chi connectivity index (χ1) is 25.6. The van der Waals surface area contributed by atoms with E-state index in [4.69, 9.17) is 9.47 Å². The van der Waals surface area contributed by atoms with Crippen LogP contribution in [0.25, 0.3) is 0 Å². The summed E-state index contributed by atoms with van der Waals surface area (Å²) in [7, 11) is -3.97. The number of hydrogen-bond donors (Lipinski definition) is 3. The van der Waals surface area contributed by atoms with Gasteiger partial charge in [-0.25, -0.2) is 8.42 Å². The van der Waals surface area contributed by atoms with Gasteiger partial charge in [0.2, 0.25) is 15.9 Å². The number of aliphatic hydroxyl groups is 1. The van der Waals surface area contributed by atoms with Crippen molar-refractivity contribution in [2.24, 2.45) is 5.92 Å². The number of aryl methyl sites for hydroxylation is 1. The Balaban J connectivity index is 1.15. The number of hydrogen-bond acceptors (Lipinski definition) is 8. The van der Waals surface area contributed by atoms with Gasteiger partial charge in [-0.05, 0) is 53.8 Å². The number of aromatic nitrogens is 1. The molecule has 5 atom stereocenters. The molecule has 12 heteroatoms. The van der Waals surface area contributed by atoms with Gasteiger partial charge in [-0.2, -0.15) is 9.45 Å². The fraction of sp³-hybridized carbons (Fsp3) is 0.268. The second-order valence-electron chi connectivity index (χ2n) is 13.1. The smallest absolute Gasteiger partial charge is 0.251 e. The van der Waals surface area contributed by atoms with Crippen LogP contribution in [0.2, 0.25) is 0 Å². The van der Waals surface area contributed by atoms with Crippen LogP contribution in [-0.2, 0) is 43.9 Å². The number of pyridine rings is 1. The topological polar surface area (TPSA) is 141 Å². The number of nitrogens with zero attached hydrogens (tertiary/aromatic N) is 1. The maximum absolute atomic E-state index is 13.5. The molecule has 0 saturated carbocycles. The van der Waals surface area contributed by atoms with Crippen molar-refractivity contribution in [3.8, 4) is 0 Å². The second kappa shape index (κ2) is 17.5. The molecular formula is C41H43N3O7S2. The quantitative estimate of drug-likeness (QED) is 0.0723. The van der Waals surface area contributed by atoms with E-state index in [1.165, 1.54) is 30.1 Å². The highest BCUT2D eigenvalue weighted by Gasteiger charge is 2.38. The molecule has 10 nitrogen and oxygen atoms in total. The Kier molecular flexibility index (Phi) is 12.6. The van der Waals surface area contributed by atoms with Crippen LogP contribution in [0.15, 0.2) is 137 Å². The van der Waals surface area contributed by atoms with Gasteiger partial charge in [0.25, 0.3) is 5.03 Å². The molecule has 276 valence electrons. The third kappa shape index (κ3) is 9.91. The van der Waals surface area contributed by atoms with Crippen LogP contribution in [0, 0.1) is 18.0 Å². The van der Waals surface area contributed by atoms with E-state index < -0.39 is 28.3 Å². The van der Waals surface area contributed by atoms with Crippen LogP contribution in [0.4, 0.5) is 0 Å². The van der Waals surface area contributed by atoms with E-state index in [2.05, 4.69) is 17.0 Å². The first-order valence-electron chi connectivity index (χ1n) is 17.4. The van der Waals surface area contributed by atoms with Crippen molar-refractivity contribution < 1.29 is 32.5 Å². The van der Waals surface area contributed by atoms with Gasteiger partial charge in [-0.15, -0.1) is 0 Å². The summed E-state index contributed by atoms with van der Waals surface area (Å²) < 4.78 is 43.1. The van der Waals surface area contributed by atoms with E-state index in [9.17, 15) is 23.5 Å². The molecule has 1 saturated heterocycles. The number of thioether (sulfide) groups is 1. The van der Waals surface area contributed by atoms with Gasteiger partial charge < -0.3 is 25.1 Å². The minimum atomic E-state index is -3.97. The predicted octanol–water partition coefficient (Wildman–Crippen LogP) is 5.91. The number of nitrogens with one attached hydrogen (secondary N) is 2. The van der Waals surface area contributed by atoms with E-state index in [1.807, 2.05) is 91.9 Å². The number of aliphatic hydroxyl groups excluding tert-OH is 1. The molecule has 0 spiro atoms. The van der Waals surface area contributed by atoms with Crippen molar-refractivity contribution in [2.45, 2.75) is 67.9 Å². The minimum Gasteiger partial charge on any atom is -0.618 e. The molecule has 2 heterocycles. The number of rotatable bonds is 14. The molecule has 53 heavy (non-hydrogen) atoms. The molecule has 0 radical (unpaired) electrons. The van der Waals surface area contributed by atoms with Gasteiger partial charge in [-0.1, -0.05) is 115 Å². The maximum atomic E-state index is 13.5. The van der Waals surface area contributed by atoms with Crippen LogP contribution in [0.1, 0.15) is 52.7 Å². The summed E-state index contributed by atoms with van der Waals surface area (Å²) in [4.78, 5) is 13.6. The highest BCUT2D eigenvalue weighted by Crippen LogP contribution is 2.42. The van der Waals surface area contributed by atoms with E-state index in [1.54, 1.807) is 24.3 Å². The van der Waals surface area contributed by atoms with Crippen LogP contribution < -0.4 is 14.8 Å². The van der Waals surface area contributed by atoms with E-state index in [-0.39, 0.29) is 42.6 Å². The summed E-state index contributed by atoms with van der Waals surface area (Å²) in [5.74, 6) is 0.0273. The van der Waals surface area contributed by atoms with Gasteiger partial charge >= 0.3 is 0 Å². The molecule has 1 aliphatic heterocycles. The molecular weight excluding hydrogens is 711 g/mol. The van der Waals surface area contributed by atoms with Gasteiger partial charge in [0.1, 0.15) is 6.04 Å². The molecule has 4 aromatic carbocycles. The van der Waals surface area contributed by atoms with E-state index in [0.29, 0.717) is 10.8 Å². The molecule has 1 fully saturated rings. The lowest BCUT2D eigenvalue weighted by Gasteiger charge is -2.41. The summed E-state index contributed by atoms with van der Waals surface area (Å²) in [6, 6.07) is 35.2. The Morgan fingerprint density at radius 3 is 2.19 bits per heavy atom. The maximum Gasteiger partial charge on any atom is 0.251 e. The standard InChI is InChI=1S/C41H43N3O7S2/c1-28-11-21-35(22-12-28)53(48,49)43-36(24-30-8-4-3-5-9-30)40(46)42-25-31-13-19-34(20-14-31)41-50-37(27-52-38-10-6-7-23-44(38)47)29(2)39(51-41)33-17-15-32(26-45)16-18-33/h3-23,29,36-37,39,41,43,45H,24-27H2,1-2H3,(H,42,46). The fourth-order valence-electron chi connectivity index (χ4n) is 6.12. The van der Waals surface area contributed by atoms with Crippen molar-refractivity contribution >= 4 is 27.7 Å². The van der Waals surface area contributed by atoms with Crippen LogP contribution >= 0.6 is 11.8 Å². The lowest BCUT2D eigenvalue weighted by molar-refractivity contribution is -0.645. The molecule has 1 aliphatic rings. The Morgan fingerprint density at radius 1 is 0.849 bits per heavy atom. The number of carbonyl (C=O) groups is 1. The second-order valence-corrected chi connectivity index (χ2v) is 15.9. The van der Waals surface area contributed by atoms with Crippen molar-refractivity contribution in [1.82, 2.24) is 10.0 Å². The summed E-state index contributed by atoms with van der Waals surface area (Å²) in [6.07, 6.45) is 0.373. The Hall–Kier alpha value is -4.56. The normalized spacial score (nSPS) is 19.4. The first-order valence-corrected chi connectivity index (χ1v) is 19.9. The largest absolute Gasteiger partial charge is 0.618 e. The average molecular weight is 754 g/mol. The van der Waals surface area contributed by atoms with Gasteiger partial charge in [0.05, 0.1) is 23.7 Å². The molecule has 1 aromatic heterocycles. The summed E-state index contributed by atoms with van der Waals surface area (Å²) >= 11 is 1.43. The third-order valence-electron chi connectivity index (χ3n) is 9.25. The zero-order chi connectivity index (χ0) is 37.4. The zero-order valence-electron chi connectivity index (χ0n) is 29.5. The molecule has 5 unspecified atom stereocenters. The molecule has 3 N–H and O–H groups in total. The highest BCUT2D eigenvalue weighted by molar-refractivity contribution is 7.99. The average Bonchev–Trinajstić information content (AvgIpc) is 3.17. The van der Waals surface area contributed by atoms with E-state index in [0.717, 1.165) is 38.1 Å². The Morgan fingerprint density at radius 2 is 1.51 bits per heavy atom. The van der Waals surface area contributed by atoms with Gasteiger partial charge in [-0.3, -0.25) is 4.79 Å². The third-order valence-corrected chi connectivity index (χ3v) is 11.8. The van der Waals surface area contributed by atoms with Gasteiger partial charge in [0.15, 0.2) is 12.5 Å². The van der Waals surface area contributed by atoms with Gasteiger partial charge in [0, 0.05) is 35.9 Å². The fourth-order valence-corrected chi connectivity index (χ4v) is 8.39. The summed E-state index contributed by atoms with van der Waals surface area (Å²) in [5.41, 5.74) is 5.10. The van der Waals surface area contributed by atoms with Crippen LogP contribution in [0.5, 0.6) is 0 Å². The number of ether oxygens (including phenoxy) is 2. The van der Waals surface area contributed by atoms with Crippen LogP contribution in [0.3, 0.4) is 0 Å². The minimum absolute atomic E-state index is 0.0516. The summed E-state index contributed by atoms with van der Waals surface area (Å²) in [6.45, 7) is 4.06. The number of amides is 1. The zero-order valence-corrected chi connectivity index (χ0v) is 31.1. The Labute approximate surface area is 314 Å². The molecule has 6 rings (SSSR count). The lowest BCUT2D eigenvalue weighted by Crippen LogP contribution is -2.47. The van der Waals surface area contributed by atoms with Crippen molar-refractivity contribution in [3.05, 3.63) is 166 Å². The predicted molar refractivity (Wildman–Crippen MR) is 203 cm³/mol. The molecule has 0 aliphatic carbocycles. The van der Waals surface area contributed by atoms with E-state index >= 15 is 0 Å². The van der Waals surface area contributed by atoms with Crippen molar-refractivity contribution in [2.75, 3.05) is 5.75 Å². The molecule has 1 amide bonds. The van der Waals surface area contributed by atoms with Crippen LogP contribution in [-0.4, -0.2) is 37.3 Å².